The molecule has 3 nitrogen and oxygen atoms in total. The Bertz CT molecular complexity index is 341. The molecule has 1 aromatic rings. The van der Waals surface area contributed by atoms with Crippen LogP contribution in [-0.2, 0) is 4.79 Å². The lowest BCUT2D eigenvalue weighted by Crippen LogP contribution is -2.24. The van der Waals surface area contributed by atoms with Crippen LogP contribution < -0.4 is 4.90 Å². The standard InChI is InChI=1S/C7H7ClN2OS2/c8-5-2-9-7(13-5)10-3-4(12)1-6(10)11/h2,4,12H,1,3H2. The average Bonchev–Trinajstić information content (AvgIpc) is 2.58. The predicted molar refractivity (Wildman–Crippen MR) is 56.9 cm³/mol. The molecule has 0 aromatic carbocycles. The number of rotatable bonds is 1. The highest BCUT2D eigenvalue weighted by atomic mass is 35.5. The maximum atomic E-state index is 11.4. The number of anilines is 1. The van der Waals surface area contributed by atoms with Crippen molar-refractivity contribution >= 4 is 46.6 Å². The van der Waals surface area contributed by atoms with Crippen LogP contribution in [0, 0.1) is 0 Å². The molecule has 0 saturated carbocycles. The molecule has 0 aliphatic carbocycles. The molecule has 2 rings (SSSR count). The van der Waals surface area contributed by atoms with Gasteiger partial charge in [-0.25, -0.2) is 4.98 Å². The molecule has 70 valence electrons. The van der Waals surface area contributed by atoms with E-state index in [-0.39, 0.29) is 11.2 Å². The van der Waals surface area contributed by atoms with Gasteiger partial charge in [-0.15, -0.1) is 0 Å². The zero-order valence-electron chi connectivity index (χ0n) is 6.61. The summed E-state index contributed by atoms with van der Waals surface area (Å²) in [6.45, 7) is 0.631. The highest BCUT2D eigenvalue weighted by molar-refractivity contribution is 7.81. The van der Waals surface area contributed by atoms with Gasteiger partial charge < -0.3 is 0 Å². The van der Waals surface area contributed by atoms with Crippen LogP contribution >= 0.6 is 35.6 Å². The second-order valence-corrected chi connectivity index (χ2v) is 5.18. The van der Waals surface area contributed by atoms with E-state index in [4.69, 9.17) is 11.6 Å². The molecule has 6 heteroatoms. The van der Waals surface area contributed by atoms with Crippen molar-refractivity contribution in [2.24, 2.45) is 0 Å². The average molecular weight is 235 g/mol. The van der Waals surface area contributed by atoms with Crippen molar-refractivity contribution in [3.05, 3.63) is 10.5 Å². The van der Waals surface area contributed by atoms with E-state index < -0.39 is 0 Å². The molecule has 1 amide bonds. The topological polar surface area (TPSA) is 33.2 Å². The highest BCUT2D eigenvalue weighted by Gasteiger charge is 2.29. The predicted octanol–water partition coefficient (Wildman–Crippen LogP) is 1.83. The lowest BCUT2D eigenvalue weighted by atomic mass is 10.4. The summed E-state index contributed by atoms with van der Waals surface area (Å²) in [5, 5.41) is 0.793. The third kappa shape index (κ3) is 1.82. The summed E-state index contributed by atoms with van der Waals surface area (Å²) >= 11 is 11.3. The number of carbonyl (C=O) groups is 1. The molecule has 1 aliphatic heterocycles. The third-order valence-corrected chi connectivity index (χ3v) is 3.28. The Hall–Kier alpha value is -0.260. The maximum Gasteiger partial charge on any atom is 0.229 e. The molecule has 2 heterocycles. The van der Waals surface area contributed by atoms with Gasteiger partial charge in [0.1, 0.15) is 4.34 Å². The summed E-state index contributed by atoms with van der Waals surface area (Å²) in [5.74, 6) is 0.0750. The smallest absolute Gasteiger partial charge is 0.229 e. The second kappa shape index (κ2) is 3.48. The van der Waals surface area contributed by atoms with Gasteiger partial charge in [-0.05, 0) is 0 Å². The van der Waals surface area contributed by atoms with Crippen LogP contribution in [-0.4, -0.2) is 22.7 Å². The summed E-state index contributed by atoms with van der Waals surface area (Å²) in [5.41, 5.74) is 0. The number of thiol groups is 1. The van der Waals surface area contributed by atoms with Crippen molar-refractivity contribution in [1.29, 1.82) is 0 Å². The monoisotopic (exact) mass is 234 g/mol. The van der Waals surface area contributed by atoms with E-state index in [1.165, 1.54) is 11.3 Å². The normalized spacial score (nSPS) is 22.8. The van der Waals surface area contributed by atoms with Crippen LogP contribution in [0.2, 0.25) is 4.34 Å². The first-order valence-corrected chi connectivity index (χ1v) is 5.47. The van der Waals surface area contributed by atoms with Gasteiger partial charge in [0.25, 0.3) is 0 Å². The number of thiazole rings is 1. The lowest BCUT2D eigenvalue weighted by molar-refractivity contribution is -0.117. The van der Waals surface area contributed by atoms with Crippen LogP contribution in [0.25, 0.3) is 0 Å². The Kier molecular flexibility index (Phi) is 2.49. The van der Waals surface area contributed by atoms with Crippen LogP contribution in [0.15, 0.2) is 6.20 Å². The number of amides is 1. The molecule has 1 fully saturated rings. The van der Waals surface area contributed by atoms with Crippen LogP contribution in [0.3, 0.4) is 0 Å². The fourth-order valence-electron chi connectivity index (χ4n) is 1.24. The molecule has 13 heavy (non-hydrogen) atoms. The summed E-state index contributed by atoms with van der Waals surface area (Å²) in [4.78, 5) is 17.1. The van der Waals surface area contributed by atoms with Gasteiger partial charge in [-0.3, -0.25) is 9.69 Å². The SMILES string of the molecule is O=C1CC(S)CN1c1ncc(Cl)s1. The van der Waals surface area contributed by atoms with Gasteiger partial charge in [0.15, 0.2) is 5.13 Å². The number of nitrogens with zero attached hydrogens (tertiary/aromatic N) is 2. The van der Waals surface area contributed by atoms with Gasteiger partial charge >= 0.3 is 0 Å². The first-order chi connectivity index (χ1) is 6.16. The third-order valence-electron chi connectivity index (χ3n) is 1.80. The largest absolute Gasteiger partial charge is 0.287 e. The highest BCUT2D eigenvalue weighted by Crippen LogP contribution is 2.30. The molecule has 1 atom stereocenters. The first kappa shape index (κ1) is 9.30. The van der Waals surface area contributed by atoms with E-state index >= 15 is 0 Å². The van der Waals surface area contributed by atoms with Crippen LogP contribution in [0.1, 0.15) is 6.42 Å². The molecule has 0 bridgehead atoms. The Morgan fingerprint density at radius 1 is 1.77 bits per heavy atom. The van der Waals surface area contributed by atoms with Crippen molar-refractivity contribution < 1.29 is 4.79 Å². The quantitative estimate of drug-likeness (QED) is 0.753. The zero-order chi connectivity index (χ0) is 9.42. The number of carbonyl (C=O) groups excluding carboxylic acids is 1. The Morgan fingerprint density at radius 2 is 2.54 bits per heavy atom. The van der Waals surface area contributed by atoms with E-state index in [1.807, 2.05) is 0 Å². The van der Waals surface area contributed by atoms with Crippen molar-refractivity contribution in [3.8, 4) is 0 Å². The summed E-state index contributed by atoms with van der Waals surface area (Å²) in [7, 11) is 0. The van der Waals surface area contributed by atoms with Gasteiger partial charge in [0.2, 0.25) is 5.91 Å². The fraction of sp³-hybridized carbons (Fsp3) is 0.429. The molecule has 1 aromatic heterocycles. The molecule has 0 radical (unpaired) electrons. The van der Waals surface area contributed by atoms with Crippen molar-refractivity contribution in [3.63, 3.8) is 0 Å². The van der Waals surface area contributed by atoms with Crippen molar-refractivity contribution in [2.45, 2.75) is 11.7 Å². The van der Waals surface area contributed by atoms with E-state index in [2.05, 4.69) is 17.6 Å². The second-order valence-electron chi connectivity index (χ2n) is 2.81. The minimum atomic E-state index is 0.0750. The van der Waals surface area contributed by atoms with E-state index in [1.54, 1.807) is 11.1 Å². The fourth-order valence-corrected chi connectivity index (χ4v) is 2.49. The molecule has 1 aliphatic rings. The molecule has 1 saturated heterocycles. The van der Waals surface area contributed by atoms with Gasteiger partial charge in [0.05, 0.1) is 6.20 Å². The molecular formula is C7H7ClN2OS2. The van der Waals surface area contributed by atoms with Crippen LogP contribution in [0.4, 0.5) is 5.13 Å². The van der Waals surface area contributed by atoms with Gasteiger partial charge in [-0.2, -0.15) is 12.6 Å². The van der Waals surface area contributed by atoms with E-state index in [0.717, 1.165) is 0 Å². The first-order valence-electron chi connectivity index (χ1n) is 3.76. The van der Waals surface area contributed by atoms with Crippen molar-refractivity contribution in [1.82, 2.24) is 4.98 Å². The molecular weight excluding hydrogens is 228 g/mol. The number of hydrogen-bond acceptors (Lipinski definition) is 4. The van der Waals surface area contributed by atoms with Crippen LogP contribution in [0.5, 0.6) is 0 Å². The maximum absolute atomic E-state index is 11.4. The zero-order valence-corrected chi connectivity index (χ0v) is 9.07. The van der Waals surface area contributed by atoms with E-state index in [0.29, 0.717) is 22.4 Å². The Labute approximate surface area is 90.1 Å². The minimum Gasteiger partial charge on any atom is -0.287 e. The Balaban J connectivity index is 2.22. The molecule has 0 N–H and O–H groups in total. The number of hydrogen-bond donors (Lipinski definition) is 1. The lowest BCUT2D eigenvalue weighted by Gasteiger charge is -2.10. The van der Waals surface area contributed by atoms with E-state index in [9.17, 15) is 4.79 Å². The van der Waals surface area contributed by atoms with Gasteiger partial charge in [0, 0.05) is 18.2 Å². The van der Waals surface area contributed by atoms with Crippen molar-refractivity contribution in [2.75, 3.05) is 11.4 Å². The number of halogens is 1. The Morgan fingerprint density at radius 3 is 3.00 bits per heavy atom. The number of aromatic nitrogens is 1. The molecule has 1 unspecified atom stereocenters. The summed E-state index contributed by atoms with van der Waals surface area (Å²) in [6, 6.07) is 0. The minimum absolute atomic E-state index is 0.0750. The molecule has 0 spiro atoms. The summed E-state index contributed by atoms with van der Waals surface area (Å²) < 4.78 is 0.602. The summed E-state index contributed by atoms with van der Waals surface area (Å²) in [6.07, 6.45) is 2.04. The van der Waals surface area contributed by atoms with Gasteiger partial charge in [-0.1, -0.05) is 22.9 Å².